The van der Waals surface area contributed by atoms with Gasteiger partial charge < -0.3 is 5.73 Å². The molecule has 0 rings (SSSR count). The maximum atomic E-state index is 10.5. The number of sulfonamides is 1. The van der Waals surface area contributed by atoms with Crippen LogP contribution in [0.3, 0.4) is 0 Å². The Hall–Kier alpha value is -1.11. The van der Waals surface area contributed by atoms with Crippen LogP contribution in [0.1, 0.15) is 6.92 Å². The summed E-state index contributed by atoms with van der Waals surface area (Å²) in [6.45, 7) is 1.46. The van der Waals surface area contributed by atoms with Crippen LogP contribution in [0.4, 0.5) is 0 Å². The highest BCUT2D eigenvalue weighted by Gasteiger charge is 2.04. The van der Waals surface area contributed by atoms with E-state index in [0.29, 0.717) is 0 Å². The molecule has 0 saturated heterocycles. The first kappa shape index (κ1) is 10.9. The van der Waals surface area contributed by atoms with Crippen molar-refractivity contribution in [1.82, 2.24) is 4.72 Å². The van der Waals surface area contributed by atoms with Crippen LogP contribution in [-0.2, 0) is 14.8 Å². The predicted octanol–water partition coefficient (Wildman–Crippen LogP) is -1.56. The molecule has 0 aromatic heterocycles. The Labute approximate surface area is 70.9 Å². The van der Waals surface area contributed by atoms with Crippen molar-refractivity contribution in [2.24, 2.45) is 10.7 Å². The summed E-state index contributed by atoms with van der Waals surface area (Å²) in [6.07, 6.45) is 1.92. The number of rotatable bonds is 4. The zero-order valence-corrected chi connectivity index (χ0v) is 7.63. The van der Waals surface area contributed by atoms with Crippen molar-refractivity contribution in [1.29, 1.82) is 0 Å². The highest BCUT2D eigenvalue weighted by molar-refractivity contribution is 7.89. The molecule has 7 heteroatoms. The lowest BCUT2D eigenvalue weighted by Gasteiger charge is -1.99. The van der Waals surface area contributed by atoms with E-state index in [1.807, 2.05) is 4.72 Å². The van der Waals surface area contributed by atoms with E-state index in [4.69, 9.17) is 5.73 Å². The highest BCUT2D eigenvalue weighted by Crippen LogP contribution is 1.83. The van der Waals surface area contributed by atoms with E-state index in [1.165, 1.54) is 6.92 Å². The summed E-state index contributed by atoms with van der Waals surface area (Å²) >= 11 is 0. The van der Waals surface area contributed by atoms with Crippen LogP contribution in [0.2, 0.25) is 0 Å². The SMILES string of the molecule is CC(N=CNS(C)(=O)=O)C(N)=O. The number of hydrogen-bond donors (Lipinski definition) is 2. The molecule has 0 aromatic carbocycles. The fourth-order valence-corrected chi connectivity index (χ4v) is 0.564. The summed E-state index contributed by atoms with van der Waals surface area (Å²) in [6, 6.07) is -0.723. The summed E-state index contributed by atoms with van der Waals surface area (Å²) in [4.78, 5) is 13.9. The van der Waals surface area contributed by atoms with E-state index in [-0.39, 0.29) is 0 Å². The van der Waals surface area contributed by atoms with E-state index < -0.39 is 22.0 Å². The summed E-state index contributed by atoms with van der Waals surface area (Å²) < 4.78 is 22.9. The molecule has 70 valence electrons. The fraction of sp³-hybridized carbons (Fsp3) is 0.600. The topological polar surface area (TPSA) is 102 Å². The van der Waals surface area contributed by atoms with Crippen LogP contribution in [0.15, 0.2) is 4.99 Å². The molecular weight excluding hydrogens is 182 g/mol. The standard InChI is InChI=1S/C5H11N3O3S/c1-4(5(6)9)7-3-8-12(2,10)11/h3-4H,1-2H3,(H2,6,9)(H,7,8). The number of nitrogens with two attached hydrogens (primary N) is 1. The Morgan fingerprint density at radius 1 is 1.67 bits per heavy atom. The Balaban J connectivity index is 4.02. The normalized spacial score (nSPS) is 14.5. The van der Waals surface area contributed by atoms with Gasteiger partial charge in [0.2, 0.25) is 15.9 Å². The summed E-state index contributed by atoms with van der Waals surface area (Å²) in [5.41, 5.74) is 4.86. The number of amides is 1. The van der Waals surface area contributed by atoms with Gasteiger partial charge in [0.15, 0.2) is 0 Å². The van der Waals surface area contributed by atoms with Gasteiger partial charge in [-0.2, -0.15) is 0 Å². The zero-order chi connectivity index (χ0) is 9.78. The minimum atomic E-state index is -3.30. The zero-order valence-electron chi connectivity index (χ0n) is 6.81. The molecule has 0 aliphatic carbocycles. The van der Waals surface area contributed by atoms with Crippen molar-refractivity contribution < 1.29 is 13.2 Å². The van der Waals surface area contributed by atoms with Gasteiger partial charge in [-0.15, -0.1) is 0 Å². The number of carbonyl (C=O) groups excluding carboxylic acids is 1. The lowest BCUT2D eigenvalue weighted by atomic mass is 10.3. The third-order valence-corrected chi connectivity index (χ3v) is 1.51. The molecule has 0 fully saturated rings. The van der Waals surface area contributed by atoms with Crippen molar-refractivity contribution in [3.05, 3.63) is 0 Å². The van der Waals surface area contributed by atoms with Gasteiger partial charge in [0, 0.05) is 0 Å². The van der Waals surface area contributed by atoms with Gasteiger partial charge in [-0.25, -0.2) is 8.42 Å². The highest BCUT2D eigenvalue weighted by atomic mass is 32.2. The van der Waals surface area contributed by atoms with Gasteiger partial charge in [-0.1, -0.05) is 0 Å². The predicted molar refractivity (Wildman–Crippen MR) is 45.1 cm³/mol. The van der Waals surface area contributed by atoms with Crippen LogP contribution in [0.5, 0.6) is 0 Å². The number of primary amides is 1. The monoisotopic (exact) mass is 193 g/mol. The second-order valence-corrected chi connectivity index (χ2v) is 4.03. The van der Waals surface area contributed by atoms with Gasteiger partial charge >= 0.3 is 0 Å². The molecule has 1 amide bonds. The lowest BCUT2D eigenvalue weighted by Crippen LogP contribution is -2.26. The molecule has 0 heterocycles. The molecule has 3 N–H and O–H groups in total. The Bertz CT molecular complexity index is 282. The maximum Gasteiger partial charge on any atom is 0.241 e. The molecule has 0 radical (unpaired) electrons. The molecule has 0 bridgehead atoms. The smallest absolute Gasteiger partial charge is 0.241 e. The molecule has 0 aliphatic heterocycles. The minimum absolute atomic E-state index is 0.610. The van der Waals surface area contributed by atoms with Crippen molar-refractivity contribution in [2.75, 3.05) is 6.26 Å². The maximum absolute atomic E-state index is 10.5. The number of nitrogens with zero attached hydrogens (tertiary/aromatic N) is 1. The van der Waals surface area contributed by atoms with E-state index in [0.717, 1.165) is 12.6 Å². The van der Waals surface area contributed by atoms with Gasteiger partial charge in [-0.3, -0.25) is 14.5 Å². The quantitative estimate of drug-likeness (QED) is 0.417. The van der Waals surface area contributed by atoms with Crippen LogP contribution >= 0.6 is 0 Å². The van der Waals surface area contributed by atoms with Crippen molar-refractivity contribution in [2.45, 2.75) is 13.0 Å². The molecule has 0 saturated carbocycles. The molecule has 1 unspecified atom stereocenters. The largest absolute Gasteiger partial charge is 0.368 e. The minimum Gasteiger partial charge on any atom is -0.368 e. The first-order valence-electron chi connectivity index (χ1n) is 3.11. The van der Waals surface area contributed by atoms with E-state index in [9.17, 15) is 13.2 Å². The molecule has 0 aromatic rings. The molecule has 6 nitrogen and oxygen atoms in total. The molecule has 0 spiro atoms. The van der Waals surface area contributed by atoms with E-state index >= 15 is 0 Å². The average Bonchev–Trinajstić information content (AvgIpc) is 1.84. The molecule has 0 aliphatic rings. The molecule has 1 atom stereocenters. The summed E-state index contributed by atoms with van der Waals surface area (Å²) in [5.74, 6) is -0.610. The van der Waals surface area contributed by atoms with Gasteiger partial charge in [-0.05, 0) is 6.92 Å². The van der Waals surface area contributed by atoms with Crippen LogP contribution in [-0.4, -0.2) is 33.0 Å². The Morgan fingerprint density at radius 2 is 2.17 bits per heavy atom. The number of nitrogens with one attached hydrogen (secondary N) is 1. The van der Waals surface area contributed by atoms with E-state index in [2.05, 4.69) is 4.99 Å². The number of carbonyl (C=O) groups is 1. The average molecular weight is 193 g/mol. The number of aliphatic imine (C=N–C) groups is 1. The third kappa shape index (κ3) is 5.66. The van der Waals surface area contributed by atoms with Crippen LogP contribution < -0.4 is 10.5 Å². The first-order valence-corrected chi connectivity index (χ1v) is 5.00. The fourth-order valence-electron chi connectivity index (χ4n) is 0.311. The third-order valence-electron chi connectivity index (χ3n) is 0.977. The number of hydrogen-bond acceptors (Lipinski definition) is 4. The Kier molecular flexibility index (Phi) is 3.68. The second-order valence-electron chi connectivity index (χ2n) is 2.25. The van der Waals surface area contributed by atoms with Crippen molar-refractivity contribution in [3.8, 4) is 0 Å². The van der Waals surface area contributed by atoms with Gasteiger partial charge in [0.25, 0.3) is 0 Å². The second kappa shape index (κ2) is 4.05. The van der Waals surface area contributed by atoms with Gasteiger partial charge in [0.1, 0.15) is 6.04 Å². The van der Waals surface area contributed by atoms with Gasteiger partial charge in [0.05, 0.1) is 12.6 Å². The molecule has 12 heavy (non-hydrogen) atoms. The van der Waals surface area contributed by atoms with Crippen molar-refractivity contribution >= 4 is 22.3 Å². The summed E-state index contributed by atoms with van der Waals surface area (Å²) in [5, 5.41) is 0. The van der Waals surface area contributed by atoms with Crippen LogP contribution in [0, 0.1) is 0 Å². The van der Waals surface area contributed by atoms with Crippen molar-refractivity contribution in [3.63, 3.8) is 0 Å². The lowest BCUT2D eigenvalue weighted by molar-refractivity contribution is -0.118. The van der Waals surface area contributed by atoms with Crippen LogP contribution in [0.25, 0.3) is 0 Å². The van der Waals surface area contributed by atoms with E-state index in [1.54, 1.807) is 0 Å². The Morgan fingerprint density at radius 3 is 2.50 bits per heavy atom. The molecular formula is C5H11N3O3S. The first-order chi connectivity index (χ1) is 5.33. The summed E-state index contributed by atoms with van der Waals surface area (Å²) in [7, 11) is -3.30.